The molecule has 6 heteroatoms. The fraction of sp³-hybridized carbons (Fsp3) is 0.333. The van der Waals surface area contributed by atoms with Crippen molar-refractivity contribution in [3.63, 3.8) is 0 Å². The molecule has 0 fully saturated rings. The molecule has 0 N–H and O–H groups in total. The van der Waals surface area contributed by atoms with Crippen LogP contribution in [0.1, 0.15) is 17.0 Å². The Bertz CT molecular complexity index is 790. The fourth-order valence-electron chi connectivity index (χ4n) is 2.49. The summed E-state index contributed by atoms with van der Waals surface area (Å²) >= 11 is 5.86. The Morgan fingerprint density at radius 2 is 2.14 bits per heavy atom. The van der Waals surface area contributed by atoms with Gasteiger partial charge in [0.05, 0.1) is 23.8 Å². The molecule has 0 aliphatic rings. The number of aryl methyl sites for hydroxylation is 3. The van der Waals surface area contributed by atoms with Crippen LogP contribution in [-0.4, -0.2) is 25.2 Å². The molecule has 1 aromatic carbocycles. The molecule has 0 saturated heterocycles. The van der Waals surface area contributed by atoms with E-state index in [0.29, 0.717) is 29.9 Å². The molecular weight excluding hydrogens is 291 g/mol. The average molecular weight is 307 g/mol. The van der Waals surface area contributed by atoms with E-state index in [-0.39, 0.29) is 5.82 Å². The molecule has 0 atom stereocenters. The topological polar surface area (TPSA) is 35.6 Å². The van der Waals surface area contributed by atoms with Gasteiger partial charge in [0.1, 0.15) is 11.6 Å². The van der Waals surface area contributed by atoms with E-state index in [2.05, 4.69) is 14.6 Å². The maximum atomic E-state index is 13.7. The van der Waals surface area contributed by atoms with Crippen molar-refractivity contribution in [1.29, 1.82) is 0 Å². The summed E-state index contributed by atoms with van der Waals surface area (Å²) in [5.41, 5.74) is 3.29. The van der Waals surface area contributed by atoms with Crippen LogP contribution in [0.5, 0.6) is 0 Å². The molecular formula is C15H16ClFN4. The molecule has 0 amide bonds. The van der Waals surface area contributed by atoms with Crippen molar-refractivity contribution in [3.05, 3.63) is 47.3 Å². The highest BCUT2D eigenvalue weighted by Gasteiger charge is 2.13. The molecule has 0 aliphatic carbocycles. The number of halogens is 2. The number of hydrogen-bond donors (Lipinski definition) is 0. The first kappa shape index (κ1) is 14.1. The average Bonchev–Trinajstić information content (AvgIpc) is 2.97. The lowest BCUT2D eigenvalue weighted by Crippen LogP contribution is -2.05. The third kappa shape index (κ3) is 2.65. The predicted molar refractivity (Wildman–Crippen MR) is 81.2 cm³/mol. The summed E-state index contributed by atoms with van der Waals surface area (Å²) in [5, 5.41) is 4.18. The molecule has 0 radical (unpaired) electrons. The first-order valence-electron chi connectivity index (χ1n) is 6.77. The summed E-state index contributed by atoms with van der Waals surface area (Å²) in [6.07, 6.45) is 4.44. The Morgan fingerprint density at radius 1 is 1.33 bits per heavy atom. The van der Waals surface area contributed by atoms with Crippen molar-refractivity contribution in [2.45, 2.75) is 19.9 Å². The third-order valence-corrected chi connectivity index (χ3v) is 3.71. The highest BCUT2D eigenvalue weighted by molar-refractivity contribution is 6.17. The van der Waals surface area contributed by atoms with Gasteiger partial charge in [-0.05, 0) is 18.6 Å². The quantitative estimate of drug-likeness (QED) is 0.695. The van der Waals surface area contributed by atoms with Gasteiger partial charge >= 0.3 is 0 Å². The minimum absolute atomic E-state index is 0.231. The monoisotopic (exact) mass is 306 g/mol. The van der Waals surface area contributed by atoms with Crippen LogP contribution in [0.3, 0.4) is 0 Å². The van der Waals surface area contributed by atoms with Gasteiger partial charge in [0.2, 0.25) is 0 Å². The molecule has 0 aliphatic heterocycles. The molecule has 2 heterocycles. The van der Waals surface area contributed by atoms with Gasteiger partial charge in [-0.3, -0.25) is 4.68 Å². The lowest BCUT2D eigenvalue weighted by atomic mass is 10.2. The Labute approximate surface area is 127 Å². The lowest BCUT2D eigenvalue weighted by molar-refractivity contribution is 0.620. The molecule has 110 valence electrons. The minimum atomic E-state index is -0.231. The van der Waals surface area contributed by atoms with Gasteiger partial charge in [-0.1, -0.05) is 0 Å². The van der Waals surface area contributed by atoms with E-state index in [1.54, 1.807) is 11.6 Å². The maximum absolute atomic E-state index is 13.7. The molecule has 0 saturated carbocycles. The van der Waals surface area contributed by atoms with Crippen LogP contribution in [-0.2, 0) is 20.0 Å². The van der Waals surface area contributed by atoms with Crippen LogP contribution in [0.25, 0.3) is 11.0 Å². The number of fused-ring (bicyclic) bond motifs is 1. The van der Waals surface area contributed by atoms with Crippen molar-refractivity contribution < 1.29 is 4.39 Å². The number of alkyl halides is 1. The Balaban J connectivity index is 2.12. The number of rotatable bonds is 4. The summed E-state index contributed by atoms with van der Waals surface area (Å²) in [6.45, 7) is 2.42. The fourth-order valence-corrected chi connectivity index (χ4v) is 2.66. The third-order valence-electron chi connectivity index (χ3n) is 3.52. The molecule has 2 aromatic heterocycles. The number of benzene rings is 1. The largest absolute Gasteiger partial charge is 0.323 e. The summed E-state index contributed by atoms with van der Waals surface area (Å²) in [6, 6.07) is 3.33. The maximum Gasteiger partial charge on any atom is 0.128 e. The zero-order chi connectivity index (χ0) is 15.0. The van der Waals surface area contributed by atoms with Crippen LogP contribution >= 0.6 is 11.6 Å². The molecule has 0 unspecified atom stereocenters. The van der Waals surface area contributed by atoms with E-state index in [1.807, 2.05) is 25.5 Å². The number of aromatic nitrogens is 4. The van der Waals surface area contributed by atoms with E-state index in [9.17, 15) is 4.39 Å². The highest BCUT2D eigenvalue weighted by atomic mass is 35.5. The van der Waals surface area contributed by atoms with Crippen LogP contribution in [0.15, 0.2) is 24.5 Å². The number of nitrogens with zero attached hydrogens (tertiary/aromatic N) is 4. The van der Waals surface area contributed by atoms with Crippen LogP contribution in [0, 0.1) is 12.7 Å². The molecule has 3 aromatic rings. The number of imidazole rings is 1. The molecule has 4 nitrogen and oxygen atoms in total. The van der Waals surface area contributed by atoms with Crippen molar-refractivity contribution in [2.75, 3.05) is 5.88 Å². The Morgan fingerprint density at radius 3 is 2.81 bits per heavy atom. The minimum Gasteiger partial charge on any atom is -0.323 e. The molecule has 21 heavy (non-hydrogen) atoms. The first-order valence-corrected chi connectivity index (χ1v) is 7.30. The van der Waals surface area contributed by atoms with Gasteiger partial charge in [0.15, 0.2) is 0 Å². The smallest absolute Gasteiger partial charge is 0.128 e. The zero-order valence-corrected chi connectivity index (χ0v) is 12.7. The van der Waals surface area contributed by atoms with E-state index in [0.717, 1.165) is 16.9 Å². The first-order chi connectivity index (χ1) is 10.1. The summed E-state index contributed by atoms with van der Waals surface area (Å²) in [7, 11) is 1.88. The van der Waals surface area contributed by atoms with Gasteiger partial charge in [-0.25, -0.2) is 9.37 Å². The Kier molecular flexibility index (Phi) is 3.68. The van der Waals surface area contributed by atoms with E-state index in [4.69, 9.17) is 11.6 Å². The van der Waals surface area contributed by atoms with Gasteiger partial charge < -0.3 is 4.57 Å². The van der Waals surface area contributed by atoms with Crippen LogP contribution < -0.4 is 0 Å². The van der Waals surface area contributed by atoms with Crippen LogP contribution in [0.4, 0.5) is 4.39 Å². The number of hydrogen-bond acceptors (Lipinski definition) is 2. The van der Waals surface area contributed by atoms with E-state index >= 15 is 0 Å². The summed E-state index contributed by atoms with van der Waals surface area (Å²) in [4.78, 5) is 4.52. The Hall–Kier alpha value is -1.88. The van der Waals surface area contributed by atoms with Gasteiger partial charge in [-0.15, -0.1) is 11.6 Å². The second-order valence-electron chi connectivity index (χ2n) is 5.17. The van der Waals surface area contributed by atoms with Crippen molar-refractivity contribution in [3.8, 4) is 0 Å². The second kappa shape index (κ2) is 5.48. The van der Waals surface area contributed by atoms with Gasteiger partial charge in [0.25, 0.3) is 0 Å². The van der Waals surface area contributed by atoms with Gasteiger partial charge in [-0.2, -0.15) is 5.10 Å². The standard InChI is InChI=1S/C15H16ClFN4/c1-10-5-14-13(6-12(10)17)19-15(3-4-16)21(14)9-11-7-18-20(2)8-11/h5-8H,3-4,9H2,1-2H3. The van der Waals surface area contributed by atoms with Crippen LogP contribution in [0.2, 0.25) is 0 Å². The summed E-state index contributed by atoms with van der Waals surface area (Å²) in [5.74, 6) is 1.12. The highest BCUT2D eigenvalue weighted by Crippen LogP contribution is 2.22. The van der Waals surface area contributed by atoms with Crippen molar-refractivity contribution in [1.82, 2.24) is 19.3 Å². The second-order valence-corrected chi connectivity index (χ2v) is 5.54. The summed E-state index contributed by atoms with van der Waals surface area (Å²) < 4.78 is 17.6. The predicted octanol–water partition coefficient (Wildman–Crippen LogP) is 3.05. The normalized spacial score (nSPS) is 11.4. The molecule has 0 spiro atoms. The van der Waals surface area contributed by atoms with Gasteiger partial charge in [0, 0.05) is 37.2 Å². The SMILES string of the molecule is Cc1cc2c(cc1F)nc(CCCl)n2Cc1cnn(C)c1. The molecule has 3 rings (SSSR count). The molecule has 0 bridgehead atoms. The van der Waals surface area contributed by atoms with Crippen molar-refractivity contribution >= 4 is 22.6 Å². The van der Waals surface area contributed by atoms with E-state index < -0.39 is 0 Å². The van der Waals surface area contributed by atoms with E-state index in [1.165, 1.54) is 6.07 Å². The lowest BCUT2D eigenvalue weighted by Gasteiger charge is -2.07. The zero-order valence-electron chi connectivity index (χ0n) is 12.0. The van der Waals surface area contributed by atoms with Crippen molar-refractivity contribution in [2.24, 2.45) is 7.05 Å².